The number of imidazole rings is 1. The highest BCUT2D eigenvalue weighted by molar-refractivity contribution is 6.36. The first-order valence-corrected chi connectivity index (χ1v) is 5.27. The smallest absolute Gasteiger partial charge is 0.353 e. The summed E-state index contributed by atoms with van der Waals surface area (Å²) in [6, 6.07) is 0. The van der Waals surface area contributed by atoms with Crippen LogP contribution in [0.25, 0.3) is 0 Å². The largest absolute Gasteiger partial charge is 0.477 e. The van der Waals surface area contributed by atoms with E-state index < -0.39 is 12.1 Å². The van der Waals surface area contributed by atoms with E-state index in [1.807, 2.05) is 0 Å². The van der Waals surface area contributed by atoms with E-state index in [2.05, 4.69) is 15.1 Å². The summed E-state index contributed by atoms with van der Waals surface area (Å²) < 4.78 is 0. The number of aromatic amines is 1. The van der Waals surface area contributed by atoms with Crippen LogP contribution < -0.4 is 0 Å². The van der Waals surface area contributed by atoms with Crippen molar-refractivity contribution in [2.45, 2.75) is 19.1 Å². The van der Waals surface area contributed by atoms with Gasteiger partial charge in [-0.2, -0.15) is 0 Å². The lowest BCUT2D eigenvalue weighted by Crippen LogP contribution is -2.36. The maximum absolute atomic E-state index is 11.9. The molecule has 1 atom stereocenters. The molecule has 2 heterocycles. The summed E-state index contributed by atoms with van der Waals surface area (Å²) in [6.45, 7) is 0.300. The van der Waals surface area contributed by atoms with Crippen LogP contribution in [0, 0.1) is 0 Å². The number of carbonyl (C=O) groups excluding carboxylic acids is 1. The van der Waals surface area contributed by atoms with Crippen LogP contribution in [0.1, 0.15) is 12.2 Å². The Morgan fingerprint density at radius 3 is 3.00 bits per heavy atom. The first-order chi connectivity index (χ1) is 8.58. The first kappa shape index (κ1) is 12.1. The van der Waals surface area contributed by atoms with E-state index >= 15 is 0 Å². The lowest BCUT2D eigenvalue weighted by Gasteiger charge is -2.18. The molecule has 2 N–H and O–H groups in total. The maximum atomic E-state index is 11.9. The molecule has 0 bridgehead atoms. The highest BCUT2D eigenvalue weighted by atomic mass is 16.6. The summed E-state index contributed by atoms with van der Waals surface area (Å²) in [5, 5.41) is 12.1. The number of carboxylic acids is 1. The normalized spacial score (nSPS) is 18.1. The summed E-state index contributed by atoms with van der Waals surface area (Å²) >= 11 is 0. The minimum Gasteiger partial charge on any atom is -0.477 e. The number of carboxylic acid groups (broad SMARTS) is 1. The first-order valence-electron chi connectivity index (χ1n) is 5.27. The Hall–Kier alpha value is -2.38. The van der Waals surface area contributed by atoms with Gasteiger partial charge < -0.3 is 19.8 Å². The van der Waals surface area contributed by atoms with Crippen LogP contribution in [0.15, 0.2) is 17.5 Å². The number of hydrogen-bond acceptors (Lipinski definition) is 5. The predicted molar refractivity (Wildman–Crippen MR) is 59.6 cm³/mol. The Balaban J connectivity index is 1.91. The van der Waals surface area contributed by atoms with Gasteiger partial charge in [0.2, 0.25) is 6.10 Å². The molecule has 8 heteroatoms. The Morgan fingerprint density at radius 2 is 2.44 bits per heavy atom. The average Bonchev–Trinajstić information content (AvgIpc) is 2.98. The van der Waals surface area contributed by atoms with E-state index in [1.165, 1.54) is 4.90 Å². The van der Waals surface area contributed by atoms with Gasteiger partial charge in [-0.05, 0) is 0 Å². The summed E-state index contributed by atoms with van der Waals surface area (Å²) in [4.78, 5) is 35.7. The molecule has 1 aromatic heterocycles. The van der Waals surface area contributed by atoms with Crippen molar-refractivity contribution in [2.75, 3.05) is 7.05 Å². The van der Waals surface area contributed by atoms with Crippen LogP contribution in [-0.4, -0.2) is 50.7 Å². The van der Waals surface area contributed by atoms with Crippen molar-refractivity contribution < 1.29 is 19.5 Å². The molecule has 0 radical (unpaired) electrons. The van der Waals surface area contributed by atoms with Gasteiger partial charge in [0, 0.05) is 25.9 Å². The second-order valence-corrected chi connectivity index (χ2v) is 3.87. The van der Waals surface area contributed by atoms with Crippen LogP contribution in [0.4, 0.5) is 0 Å². The molecule has 0 saturated heterocycles. The fraction of sp³-hybridized carbons (Fsp3) is 0.400. The number of nitrogens with one attached hydrogen (secondary N) is 1. The molecule has 1 unspecified atom stereocenters. The van der Waals surface area contributed by atoms with Gasteiger partial charge in [0.1, 0.15) is 5.82 Å². The average molecular weight is 252 g/mol. The topological polar surface area (TPSA) is 108 Å². The lowest BCUT2D eigenvalue weighted by atomic mass is 10.1. The van der Waals surface area contributed by atoms with Crippen LogP contribution in [0.2, 0.25) is 0 Å². The quantitative estimate of drug-likeness (QED) is 0.757. The molecule has 1 aliphatic rings. The molecule has 0 saturated carbocycles. The molecule has 1 aromatic rings. The van der Waals surface area contributed by atoms with Gasteiger partial charge in [0.15, 0.2) is 5.71 Å². The van der Waals surface area contributed by atoms with Gasteiger partial charge in [0.25, 0.3) is 5.91 Å². The summed E-state index contributed by atoms with van der Waals surface area (Å²) in [7, 11) is 1.59. The van der Waals surface area contributed by atoms with Crippen molar-refractivity contribution in [2.24, 2.45) is 5.16 Å². The van der Waals surface area contributed by atoms with E-state index in [1.54, 1.807) is 19.4 Å². The van der Waals surface area contributed by atoms with Crippen LogP contribution in [-0.2, 0) is 21.0 Å². The Morgan fingerprint density at radius 1 is 1.67 bits per heavy atom. The zero-order valence-electron chi connectivity index (χ0n) is 9.66. The zero-order chi connectivity index (χ0) is 13.1. The fourth-order valence-electron chi connectivity index (χ4n) is 1.57. The van der Waals surface area contributed by atoms with E-state index in [0.717, 1.165) is 0 Å². The predicted octanol–water partition coefficient (Wildman–Crippen LogP) is -0.402. The number of hydrogen-bond donors (Lipinski definition) is 2. The lowest BCUT2D eigenvalue weighted by molar-refractivity contribution is -0.141. The Kier molecular flexibility index (Phi) is 3.26. The monoisotopic (exact) mass is 252 g/mol. The molecule has 8 nitrogen and oxygen atoms in total. The number of nitrogens with zero attached hydrogens (tertiary/aromatic N) is 3. The number of aliphatic carboxylic acids is 1. The number of amides is 1. The van der Waals surface area contributed by atoms with Crippen LogP contribution >= 0.6 is 0 Å². The summed E-state index contributed by atoms with van der Waals surface area (Å²) in [6.07, 6.45) is 2.36. The third kappa shape index (κ3) is 2.47. The highest BCUT2D eigenvalue weighted by Gasteiger charge is 2.33. The van der Waals surface area contributed by atoms with Crippen LogP contribution in [0.3, 0.4) is 0 Å². The number of likely N-dealkylation sites (N-methyl/N-ethyl adjacent to an activating group) is 1. The van der Waals surface area contributed by atoms with Crippen molar-refractivity contribution in [1.82, 2.24) is 14.9 Å². The molecule has 96 valence electrons. The molecule has 0 fully saturated rings. The molecule has 0 aromatic carbocycles. The SMILES string of the molecule is CN(Cc1ncc[nH]1)C(=O)C1CC(C(=O)O)=NO1. The van der Waals surface area contributed by atoms with E-state index in [-0.39, 0.29) is 18.0 Å². The van der Waals surface area contributed by atoms with Crippen LogP contribution in [0.5, 0.6) is 0 Å². The maximum Gasteiger partial charge on any atom is 0.353 e. The van der Waals surface area contributed by atoms with Gasteiger partial charge in [-0.15, -0.1) is 0 Å². The van der Waals surface area contributed by atoms with Gasteiger partial charge in [-0.3, -0.25) is 4.79 Å². The highest BCUT2D eigenvalue weighted by Crippen LogP contribution is 2.13. The van der Waals surface area contributed by atoms with E-state index in [9.17, 15) is 9.59 Å². The number of aromatic nitrogens is 2. The summed E-state index contributed by atoms with van der Waals surface area (Å²) in [5.74, 6) is -0.853. The molecule has 18 heavy (non-hydrogen) atoms. The molecule has 1 amide bonds. The van der Waals surface area contributed by atoms with Crippen molar-refractivity contribution in [3.8, 4) is 0 Å². The minimum absolute atomic E-state index is 0.0172. The fourth-order valence-corrected chi connectivity index (χ4v) is 1.57. The molecule has 0 spiro atoms. The second kappa shape index (κ2) is 4.86. The second-order valence-electron chi connectivity index (χ2n) is 3.87. The number of rotatable bonds is 4. The Bertz CT molecular complexity index is 482. The third-order valence-electron chi connectivity index (χ3n) is 2.51. The van der Waals surface area contributed by atoms with Gasteiger partial charge in [-0.25, -0.2) is 9.78 Å². The van der Waals surface area contributed by atoms with Crippen molar-refractivity contribution >= 4 is 17.6 Å². The standard InChI is InChI=1S/C10H12N4O4/c1-14(5-8-11-2-3-12-8)9(15)7-4-6(10(16)17)13-18-7/h2-3,7H,4-5H2,1H3,(H,11,12)(H,16,17). The molecular formula is C10H12N4O4. The Labute approximate surface area is 102 Å². The van der Waals surface area contributed by atoms with Gasteiger partial charge in [0.05, 0.1) is 6.54 Å². The van der Waals surface area contributed by atoms with E-state index in [0.29, 0.717) is 12.4 Å². The number of carbonyl (C=O) groups is 2. The summed E-state index contributed by atoms with van der Waals surface area (Å²) in [5.41, 5.74) is -0.139. The van der Waals surface area contributed by atoms with E-state index in [4.69, 9.17) is 9.94 Å². The molecule has 2 rings (SSSR count). The van der Waals surface area contributed by atoms with Crippen molar-refractivity contribution in [1.29, 1.82) is 0 Å². The minimum atomic E-state index is -1.17. The molecular weight excluding hydrogens is 240 g/mol. The zero-order valence-corrected chi connectivity index (χ0v) is 9.66. The van der Waals surface area contributed by atoms with Gasteiger partial charge >= 0.3 is 5.97 Å². The number of oxime groups is 1. The van der Waals surface area contributed by atoms with Gasteiger partial charge in [-0.1, -0.05) is 5.16 Å². The molecule has 1 aliphatic heterocycles. The molecule has 0 aliphatic carbocycles. The van der Waals surface area contributed by atoms with Crippen molar-refractivity contribution in [3.63, 3.8) is 0 Å². The van der Waals surface area contributed by atoms with Crippen molar-refractivity contribution in [3.05, 3.63) is 18.2 Å². The number of H-pyrrole nitrogens is 1. The third-order valence-corrected chi connectivity index (χ3v) is 2.51.